The van der Waals surface area contributed by atoms with E-state index in [1.807, 2.05) is 4.90 Å². The number of nitrogens with zero attached hydrogens (tertiary/aromatic N) is 3. The van der Waals surface area contributed by atoms with Gasteiger partial charge in [0, 0.05) is 71.8 Å². The van der Waals surface area contributed by atoms with Gasteiger partial charge in [0.15, 0.2) is 0 Å². The Balaban J connectivity index is 1.81. The molecule has 2 aliphatic heterocycles. The zero-order valence-electron chi connectivity index (χ0n) is 15.5. The SMILES string of the molecule is CNC(=O)C[C@@H]1CN(C(=O)CN2CCN(C(C)C)CC2)C[C@@H]1OC. The highest BCUT2D eigenvalue weighted by Gasteiger charge is 2.36. The molecule has 0 spiro atoms. The Kier molecular flexibility index (Phi) is 7.01. The standard InChI is InChI=1S/C17H32N4O3/c1-13(2)20-7-5-19(6-8-20)12-17(23)21-10-14(9-16(22)18-3)15(11-21)24-4/h13-15H,5-12H2,1-4H3,(H,18,22)/t14-,15+/m1/s1. The summed E-state index contributed by atoms with van der Waals surface area (Å²) < 4.78 is 5.49. The zero-order valence-corrected chi connectivity index (χ0v) is 15.5. The van der Waals surface area contributed by atoms with Gasteiger partial charge in [-0.05, 0) is 13.8 Å². The molecule has 2 rings (SSSR count). The predicted octanol–water partition coefficient (Wildman–Crippen LogP) is -0.378. The van der Waals surface area contributed by atoms with Crippen LogP contribution in [0, 0.1) is 5.92 Å². The maximum atomic E-state index is 12.6. The first-order valence-electron chi connectivity index (χ1n) is 8.92. The predicted molar refractivity (Wildman–Crippen MR) is 92.7 cm³/mol. The third-order valence-corrected chi connectivity index (χ3v) is 5.26. The third-order valence-electron chi connectivity index (χ3n) is 5.26. The monoisotopic (exact) mass is 340 g/mol. The first kappa shape index (κ1) is 19.1. The smallest absolute Gasteiger partial charge is 0.236 e. The van der Waals surface area contributed by atoms with Gasteiger partial charge in [-0.15, -0.1) is 0 Å². The number of nitrogens with one attached hydrogen (secondary N) is 1. The summed E-state index contributed by atoms with van der Waals surface area (Å²) in [6, 6.07) is 0.564. The van der Waals surface area contributed by atoms with Crippen molar-refractivity contribution >= 4 is 11.8 Å². The van der Waals surface area contributed by atoms with Gasteiger partial charge in [-0.2, -0.15) is 0 Å². The van der Waals surface area contributed by atoms with Gasteiger partial charge in [0.1, 0.15) is 0 Å². The van der Waals surface area contributed by atoms with Crippen LogP contribution in [0.25, 0.3) is 0 Å². The molecule has 2 heterocycles. The molecule has 0 aromatic heterocycles. The Hall–Kier alpha value is -1.18. The lowest BCUT2D eigenvalue weighted by Crippen LogP contribution is -2.51. The molecule has 0 aromatic carbocycles. The van der Waals surface area contributed by atoms with Gasteiger partial charge in [0.05, 0.1) is 12.6 Å². The minimum absolute atomic E-state index is 0.00107. The fraction of sp³-hybridized carbons (Fsp3) is 0.882. The van der Waals surface area contributed by atoms with Gasteiger partial charge in [-0.1, -0.05) is 0 Å². The largest absolute Gasteiger partial charge is 0.379 e. The summed E-state index contributed by atoms with van der Waals surface area (Å²) >= 11 is 0. The summed E-state index contributed by atoms with van der Waals surface area (Å²) in [4.78, 5) is 30.8. The van der Waals surface area contributed by atoms with Gasteiger partial charge >= 0.3 is 0 Å². The molecule has 2 saturated heterocycles. The van der Waals surface area contributed by atoms with Gasteiger partial charge < -0.3 is 15.0 Å². The summed E-state index contributed by atoms with van der Waals surface area (Å²) in [6.07, 6.45) is 0.357. The van der Waals surface area contributed by atoms with Crippen LogP contribution in [-0.2, 0) is 14.3 Å². The number of carbonyl (C=O) groups is 2. The Bertz CT molecular complexity index is 436. The fourth-order valence-electron chi connectivity index (χ4n) is 3.58. The highest BCUT2D eigenvalue weighted by atomic mass is 16.5. The number of carbonyl (C=O) groups excluding carboxylic acids is 2. The summed E-state index contributed by atoms with van der Waals surface area (Å²) in [6.45, 7) is 10.00. The Morgan fingerprint density at radius 3 is 2.38 bits per heavy atom. The molecule has 0 aliphatic carbocycles. The number of hydrogen-bond donors (Lipinski definition) is 1. The maximum Gasteiger partial charge on any atom is 0.236 e. The van der Waals surface area contributed by atoms with Crippen molar-refractivity contribution in [1.29, 1.82) is 0 Å². The minimum Gasteiger partial charge on any atom is -0.379 e. The molecule has 0 saturated carbocycles. The first-order valence-corrected chi connectivity index (χ1v) is 8.92. The molecule has 0 bridgehead atoms. The van der Waals surface area contributed by atoms with Gasteiger partial charge in [0.25, 0.3) is 0 Å². The van der Waals surface area contributed by atoms with Gasteiger partial charge in [-0.25, -0.2) is 0 Å². The van der Waals surface area contributed by atoms with Gasteiger partial charge in [0.2, 0.25) is 11.8 Å². The van der Waals surface area contributed by atoms with Crippen LogP contribution in [0.3, 0.4) is 0 Å². The molecule has 1 N–H and O–H groups in total. The number of methoxy groups -OCH3 is 1. The molecule has 0 aromatic rings. The number of piperazine rings is 1. The van der Waals surface area contributed by atoms with Crippen LogP contribution in [0.4, 0.5) is 0 Å². The van der Waals surface area contributed by atoms with Crippen LogP contribution >= 0.6 is 0 Å². The highest BCUT2D eigenvalue weighted by molar-refractivity contribution is 5.79. The maximum absolute atomic E-state index is 12.6. The molecule has 2 amide bonds. The van der Waals surface area contributed by atoms with Gasteiger partial charge in [-0.3, -0.25) is 19.4 Å². The lowest BCUT2D eigenvalue weighted by Gasteiger charge is -2.37. The number of rotatable bonds is 6. The Morgan fingerprint density at radius 1 is 1.17 bits per heavy atom. The van der Waals surface area contributed by atoms with Crippen LogP contribution < -0.4 is 5.32 Å². The molecule has 24 heavy (non-hydrogen) atoms. The minimum atomic E-state index is -0.0518. The average Bonchev–Trinajstić information content (AvgIpc) is 2.98. The van der Waals surface area contributed by atoms with E-state index in [-0.39, 0.29) is 23.8 Å². The van der Waals surface area contributed by atoms with Crippen molar-refractivity contribution in [2.45, 2.75) is 32.4 Å². The molecule has 7 heteroatoms. The second kappa shape index (κ2) is 8.78. The molecule has 2 fully saturated rings. The normalized spacial score (nSPS) is 26.1. The van der Waals surface area contributed by atoms with Crippen LogP contribution in [0.1, 0.15) is 20.3 Å². The van der Waals surface area contributed by atoms with Crippen molar-refractivity contribution in [3.63, 3.8) is 0 Å². The van der Waals surface area contributed by atoms with E-state index in [1.165, 1.54) is 0 Å². The summed E-state index contributed by atoms with van der Waals surface area (Å²) in [7, 11) is 3.29. The second-order valence-corrected chi connectivity index (χ2v) is 7.12. The molecular weight excluding hydrogens is 308 g/mol. The molecule has 2 atom stereocenters. The van der Waals surface area contributed by atoms with Crippen LogP contribution in [0.15, 0.2) is 0 Å². The van der Waals surface area contributed by atoms with Crippen molar-refractivity contribution in [1.82, 2.24) is 20.0 Å². The van der Waals surface area contributed by atoms with E-state index >= 15 is 0 Å². The van der Waals surface area contributed by atoms with Crippen LogP contribution in [0.2, 0.25) is 0 Å². The van der Waals surface area contributed by atoms with Crippen molar-refractivity contribution in [3.8, 4) is 0 Å². The number of ether oxygens (including phenoxy) is 1. The van der Waals surface area contributed by atoms with Crippen LogP contribution in [-0.4, -0.2) is 98.6 Å². The second-order valence-electron chi connectivity index (χ2n) is 7.12. The summed E-state index contributed by atoms with van der Waals surface area (Å²) in [5.41, 5.74) is 0. The van der Waals surface area contributed by atoms with Crippen molar-refractivity contribution in [3.05, 3.63) is 0 Å². The van der Waals surface area contributed by atoms with E-state index < -0.39 is 0 Å². The van der Waals surface area contributed by atoms with Crippen molar-refractivity contribution in [2.75, 3.05) is 60.0 Å². The van der Waals surface area contributed by atoms with Crippen LogP contribution in [0.5, 0.6) is 0 Å². The zero-order chi connectivity index (χ0) is 17.7. The summed E-state index contributed by atoms with van der Waals surface area (Å²) in [5, 5.41) is 2.65. The quantitative estimate of drug-likeness (QED) is 0.714. The average molecular weight is 340 g/mol. The Morgan fingerprint density at radius 2 is 1.83 bits per heavy atom. The van der Waals surface area contributed by atoms with Crippen molar-refractivity contribution < 1.29 is 14.3 Å². The number of likely N-dealkylation sites (tertiary alicyclic amines) is 1. The number of amides is 2. The fourth-order valence-corrected chi connectivity index (χ4v) is 3.58. The molecule has 7 nitrogen and oxygen atoms in total. The molecule has 138 valence electrons. The highest BCUT2D eigenvalue weighted by Crippen LogP contribution is 2.23. The van der Waals surface area contributed by atoms with E-state index in [2.05, 4.69) is 29.0 Å². The molecular formula is C17H32N4O3. The van der Waals surface area contributed by atoms with E-state index in [1.54, 1.807) is 14.2 Å². The third kappa shape index (κ3) is 4.91. The van der Waals surface area contributed by atoms with Crippen molar-refractivity contribution in [2.24, 2.45) is 5.92 Å². The Labute approximate surface area is 145 Å². The lowest BCUT2D eigenvalue weighted by atomic mass is 10.0. The lowest BCUT2D eigenvalue weighted by molar-refractivity contribution is -0.132. The van der Waals surface area contributed by atoms with E-state index in [9.17, 15) is 9.59 Å². The molecule has 0 radical (unpaired) electrons. The first-order chi connectivity index (χ1) is 11.4. The van der Waals surface area contributed by atoms with E-state index in [4.69, 9.17) is 4.74 Å². The van der Waals surface area contributed by atoms with E-state index in [0.717, 1.165) is 26.2 Å². The number of hydrogen-bond acceptors (Lipinski definition) is 5. The topological polar surface area (TPSA) is 65.1 Å². The molecule has 0 unspecified atom stereocenters. The summed E-state index contributed by atoms with van der Waals surface area (Å²) in [5.74, 6) is 0.229. The molecule has 2 aliphatic rings. The van der Waals surface area contributed by atoms with E-state index in [0.29, 0.717) is 32.1 Å².